The highest BCUT2D eigenvalue weighted by atomic mass is 35.5. The van der Waals surface area contributed by atoms with Gasteiger partial charge >= 0.3 is 6.03 Å². The molecule has 3 aliphatic rings. The lowest BCUT2D eigenvalue weighted by Gasteiger charge is -2.46. The number of anilines is 1. The van der Waals surface area contributed by atoms with Crippen LogP contribution in [0.1, 0.15) is 23.6 Å². The Morgan fingerprint density at radius 2 is 1.79 bits per heavy atom. The van der Waals surface area contributed by atoms with Crippen LogP contribution in [0.3, 0.4) is 0 Å². The van der Waals surface area contributed by atoms with Gasteiger partial charge in [0.2, 0.25) is 0 Å². The first-order valence-electron chi connectivity index (χ1n) is 11.5. The van der Waals surface area contributed by atoms with Gasteiger partial charge in [0.05, 0.1) is 6.54 Å². The Kier molecular flexibility index (Phi) is 6.01. The number of likely N-dealkylation sites (N-methyl/N-ethyl adjacent to an activating group) is 1. The van der Waals surface area contributed by atoms with Crippen molar-refractivity contribution in [3.8, 4) is 0 Å². The number of halogens is 2. The Morgan fingerprint density at radius 1 is 1.03 bits per heavy atom. The number of benzene rings is 2. The Bertz CT molecular complexity index is 1160. The number of rotatable bonds is 3. The number of nitrogens with zero attached hydrogens (tertiary/aromatic N) is 4. The molecule has 2 aromatic rings. The van der Waals surface area contributed by atoms with Crippen molar-refractivity contribution in [2.24, 2.45) is 5.92 Å². The van der Waals surface area contributed by atoms with Crippen molar-refractivity contribution in [1.82, 2.24) is 20.0 Å². The second-order valence-corrected chi connectivity index (χ2v) is 10.6. The van der Waals surface area contributed by atoms with E-state index in [0.717, 1.165) is 18.8 Å². The molecule has 0 radical (unpaired) electrons. The lowest BCUT2D eigenvalue weighted by atomic mass is 10.0. The molecule has 0 spiro atoms. The van der Waals surface area contributed by atoms with Crippen LogP contribution >= 0.6 is 23.2 Å². The van der Waals surface area contributed by atoms with Gasteiger partial charge < -0.3 is 9.80 Å². The molecule has 0 aromatic heterocycles. The predicted molar refractivity (Wildman–Crippen MR) is 134 cm³/mol. The van der Waals surface area contributed by atoms with Gasteiger partial charge in [-0.15, -0.1) is 0 Å². The summed E-state index contributed by atoms with van der Waals surface area (Å²) in [5, 5.41) is 4.53. The molecule has 3 fully saturated rings. The van der Waals surface area contributed by atoms with Crippen LogP contribution in [0.25, 0.3) is 0 Å². The predicted octanol–water partition coefficient (Wildman–Crippen LogP) is 4.04. The number of carbonyl (C=O) groups excluding carboxylic acids is 2. The zero-order valence-corrected chi connectivity index (χ0v) is 21.3. The van der Waals surface area contributed by atoms with E-state index in [1.165, 1.54) is 16.0 Å². The Balaban J connectivity index is 1.46. The number of nitrogens with one attached hydrogen (secondary N) is 1. The Labute approximate surface area is 210 Å². The highest BCUT2D eigenvalue weighted by molar-refractivity contribution is 6.35. The minimum absolute atomic E-state index is 0.107. The van der Waals surface area contributed by atoms with E-state index < -0.39 is 12.2 Å². The van der Waals surface area contributed by atoms with E-state index in [-0.39, 0.29) is 24.8 Å². The molecule has 180 valence electrons. The monoisotopic (exact) mass is 501 g/mol. The lowest BCUT2D eigenvalue weighted by molar-refractivity contribution is -0.139. The van der Waals surface area contributed by atoms with Gasteiger partial charge in [-0.05, 0) is 60.7 Å². The molecule has 2 aromatic carbocycles. The molecular formula is C25H29Cl2N5O2. The van der Waals surface area contributed by atoms with Gasteiger partial charge in [0.25, 0.3) is 5.91 Å². The fourth-order valence-electron chi connectivity index (χ4n) is 5.29. The first-order valence-corrected chi connectivity index (χ1v) is 12.3. The third kappa shape index (κ3) is 3.85. The largest absolute Gasteiger partial charge is 0.343 e. The third-order valence-corrected chi connectivity index (χ3v) is 7.84. The topological polar surface area (TPSA) is 59.1 Å². The number of urea groups is 1. The molecule has 1 N–H and O–H groups in total. The van der Waals surface area contributed by atoms with E-state index in [4.69, 9.17) is 23.2 Å². The molecule has 4 atom stereocenters. The molecule has 7 nitrogen and oxygen atoms in total. The fraction of sp³-hybridized carbons (Fsp3) is 0.440. The molecule has 3 aliphatic heterocycles. The van der Waals surface area contributed by atoms with E-state index in [2.05, 4.69) is 54.1 Å². The van der Waals surface area contributed by atoms with Crippen LogP contribution in [0, 0.1) is 19.8 Å². The average molecular weight is 502 g/mol. The molecule has 4 unspecified atom stereocenters. The van der Waals surface area contributed by atoms with Crippen molar-refractivity contribution in [2.75, 3.05) is 25.0 Å². The van der Waals surface area contributed by atoms with E-state index in [0.29, 0.717) is 21.5 Å². The second-order valence-electron chi connectivity index (χ2n) is 9.71. The van der Waals surface area contributed by atoms with Gasteiger partial charge in [-0.2, -0.15) is 0 Å². The van der Waals surface area contributed by atoms with Gasteiger partial charge in [0, 0.05) is 35.9 Å². The molecule has 34 heavy (non-hydrogen) atoms. The summed E-state index contributed by atoms with van der Waals surface area (Å²) < 4.78 is 0. The fourth-order valence-corrected chi connectivity index (χ4v) is 5.76. The first kappa shape index (κ1) is 23.4. The zero-order chi connectivity index (χ0) is 24.3. The number of fused-ring (bicyclic) bond motifs is 3. The average Bonchev–Trinajstić information content (AvgIpc) is 3.17. The van der Waals surface area contributed by atoms with Crippen molar-refractivity contribution in [1.29, 1.82) is 0 Å². The van der Waals surface area contributed by atoms with E-state index in [1.54, 1.807) is 30.1 Å². The maximum absolute atomic E-state index is 13.8. The third-order valence-electron chi connectivity index (χ3n) is 7.25. The molecule has 0 aliphatic carbocycles. The van der Waals surface area contributed by atoms with Crippen LogP contribution in [0.2, 0.25) is 10.0 Å². The van der Waals surface area contributed by atoms with Crippen LogP contribution in [-0.4, -0.2) is 65.3 Å². The summed E-state index contributed by atoms with van der Waals surface area (Å²) in [5.41, 5.74) is 4.27. The molecule has 3 amide bonds. The molecule has 5 rings (SSSR count). The van der Waals surface area contributed by atoms with Crippen molar-refractivity contribution in [3.63, 3.8) is 0 Å². The van der Waals surface area contributed by atoms with E-state index in [9.17, 15) is 9.59 Å². The van der Waals surface area contributed by atoms with Crippen LogP contribution in [0.5, 0.6) is 0 Å². The summed E-state index contributed by atoms with van der Waals surface area (Å²) in [6.45, 7) is 8.16. The normalized spacial score (nSPS) is 27.3. The molecule has 3 saturated heterocycles. The maximum atomic E-state index is 13.8. The van der Waals surface area contributed by atoms with Crippen molar-refractivity contribution >= 4 is 40.8 Å². The number of amides is 3. The molecule has 9 heteroatoms. The number of imide groups is 1. The van der Waals surface area contributed by atoms with E-state index >= 15 is 0 Å². The van der Waals surface area contributed by atoms with Gasteiger partial charge in [-0.25, -0.2) is 4.79 Å². The summed E-state index contributed by atoms with van der Waals surface area (Å²) in [5.74, 6) is 0.150. The minimum atomic E-state index is -0.476. The van der Waals surface area contributed by atoms with Gasteiger partial charge in [-0.1, -0.05) is 42.3 Å². The minimum Gasteiger partial charge on any atom is -0.343 e. The van der Waals surface area contributed by atoms with Gasteiger partial charge in [0.15, 0.2) is 0 Å². The Morgan fingerprint density at radius 3 is 2.50 bits per heavy atom. The quantitative estimate of drug-likeness (QED) is 0.687. The summed E-state index contributed by atoms with van der Waals surface area (Å²) in [7, 11) is 1.75. The van der Waals surface area contributed by atoms with E-state index in [1.807, 2.05) is 0 Å². The van der Waals surface area contributed by atoms with Gasteiger partial charge in [0.1, 0.15) is 18.5 Å². The SMILES string of the molecule is Cc1ccc(N2CC(C)CN3C4C(=O)N(Cc5ccc(Cl)cc5Cl)C(=O)N(C)C4NC23)cc1C. The van der Waals surface area contributed by atoms with Crippen LogP contribution in [-0.2, 0) is 11.3 Å². The summed E-state index contributed by atoms with van der Waals surface area (Å²) >= 11 is 12.4. The standard InChI is InChI=1S/C25H29Cl2N5O2/c1-14-11-30(19-8-5-15(2)16(3)9-19)24-28-22-21(31(24)12-14)23(33)32(25(34)29(22)4)13-17-6-7-18(26)10-20(17)27/h5-10,14,21-22,24,28H,11-13H2,1-4H3. The second kappa shape index (κ2) is 8.72. The first-order chi connectivity index (χ1) is 16.2. The highest BCUT2D eigenvalue weighted by Crippen LogP contribution is 2.35. The molecule has 0 saturated carbocycles. The van der Waals surface area contributed by atoms with Gasteiger partial charge in [-0.3, -0.25) is 19.9 Å². The summed E-state index contributed by atoms with van der Waals surface area (Å²) in [6, 6.07) is 10.8. The smallest absolute Gasteiger partial charge is 0.328 e. The van der Waals surface area contributed by atoms with Crippen molar-refractivity contribution in [3.05, 3.63) is 63.1 Å². The summed E-state index contributed by atoms with van der Waals surface area (Å²) in [6.07, 6.45) is -0.576. The highest BCUT2D eigenvalue weighted by Gasteiger charge is 2.56. The zero-order valence-electron chi connectivity index (χ0n) is 19.8. The summed E-state index contributed by atoms with van der Waals surface area (Å²) in [4.78, 5) is 34.5. The number of carbonyl (C=O) groups is 2. The number of hydrogen-bond donors (Lipinski definition) is 1. The number of hydrogen-bond acceptors (Lipinski definition) is 5. The van der Waals surface area contributed by atoms with Crippen LogP contribution in [0.4, 0.5) is 10.5 Å². The molecule has 3 heterocycles. The van der Waals surface area contributed by atoms with Crippen molar-refractivity contribution < 1.29 is 9.59 Å². The van der Waals surface area contributed by atoms with Crippen molar-refractivity contribution in [2.45, 2.75) is 45.8 Å². The van der Waals surface area contributed by atoms with Crippen LogP contribution in [0.15, 0.2) is 36.4 Å². The lowest BCUT2D eigenvalue weighted by Crippen LogP contribution is -2.66. The van der Waals surface area contributed by atoms with Crippen LogP contribution < -0.4 is 10.2 Å². The molecular weight excluding hydrogens is 473 g/mol. The number of aryl methyl sites for hydroxylation is 2. The maximum Gasteiger partial charge on any atom is 0.328 e. The Hall–Kier alpha value is -2.32. The molecule has 0 bridgehead atoms.